The van der Waals surface area contributed by atoms with Crippen molar-refractivity contribution in [2.45, 2.75) is 39.2 Å². The Labute approximate surface area is 179 Å². The van der Waals surface area contributed by atoms with Crippen LogP contribution in [0.5, 0.6) is 11.6 Å². The van der Waals surface area contributed by atoms with Crippen molar-refractivity contribution in [1.82, 2.24) is 9.97 Å². The average Bonchev–Trinajstić information content (AvgIpc) is 3.35. The Kier molecular flexibility index (Phi) is 5.50. The Morgan fingerprint density at radius 3 is 2.73 bits per heavy atom. The van der Waals surface area contributed by atoms with Gasteiger partial charge < -0.3 is 14.4 Å². The molecule has 7 heteroatoms. The number of Topliss-reactive ketones (excluding diaryl/α,β-unsaturated/α-hetero) is 1. The van der Waals surface area contributed by atoms with Crippen molar-refractivity contribution in [2.24, 2.45) is 0 Å². The van der Waals surface area contributed by atoms with Crippen LogP contribution in [0.15, 0.2) is 24.3 Å². The van der Waals surface area contributed by atoms with Gasteiger partial charge in [0.05, 0.1) is 18.6 Å². The van der Waals surface area contributed by atoms with Crippen LogP contribution in [0.25, 0.3) is 10.2 Å². The number of aryl methyl sites for hydroxylation is 2. The number of morpholine rings is 1. The number of benzene rings is 1. The molecule has 1 aliphatic carbocycles. The summed E-state index contributed by atoms with van der Waals surface area (Å²) in [6.07, 6.45) is 3.87. The molecule has 0 saturated carbocycles. The number of ether oxygens (including phenoxy) is 2. The summed E-state index contributed by atoms with van der Waals surface area (Å²) in [6, 6.07) is 7.37. The molecule has 0 spiro atoms. The second-order valence-corrected chi connectivity index (χ2v) is 9.01. The Hall–Kier alpha value is -2.35. The van der Waals surface area contributed by atoms with Crippen molar-refractivity contribution in [1.29, 1.82) is 0 Å². The molecule has 1 saturated heterocycles. The molecule has 0 bridgehead atoms. The zero-order valence-corrected chi connectivity index (χ0v) is 18.0. The predicted octanol–water partition coefficient (Wildman–Crippen LogP) is 2.98. The molecule has 3 heterocycles. The zero-order valence-electron chi connectivity index (χ0n) is 17.2. The highest BCUT2D eigenvalue weighted by atomic mass is 32.1. The topological polar surface area (TPSA) is 65.8 Å². The Morgan fingerprint density at radius 1 is 1.17 bits per heavy atom. The van der Waals surface area contributed by atoms with E-state index in [-0.39, 0.29) is 5.78 Å². The number of carbonyl (C=O) groups is 1. The fraction of sp³-hybridized carbons (Fsp3) is 0.435. The van der Waals surface area contributed by atoms with Gasteiger partial charge in [-0.1, -0.05) is 6.92 Å². The molecule has 0 unspecified atom stereocenters. The molecule has 0 atom stereocenters. The van der Waals surface area contributed by atoms with Crippen molar-refractivity contribution < 1.29 is 19.2 Å². The Morgan fingerprint density at radius 2 is 1.97 bits per heavy atom. The summed E-state index contributed by atoms with van der Waals surface area (Å²) in [6.45, 7) is 6.19. The summed E-state index contributed by atoms with van der Waals surface area (Å²) in [7, 11) is 0. The highest BCUT2D eigenvalue weighted by molar-refractivity contribution is 7.19. The van der Waals surface area contributed by atoms with Gasteiger partial charge in [-0.25, -0.2) is 4.98 Å². The zero-order chi connectivity index (χ0) is 20.5. The number of thiophene rings is 1. The van der Waals surface area contributed by atoms with E-state index in [1.54, 1.807) is 11.3 Å². The number of rotatable bonds is 6. The second-order valence-electron chi connectivity index (χ2n) is 7.92. The molecular weight excluding hydrogens is 398 g/mol. The van der Waals surface area contributed by atoms with Crippen LogP contribution in [0.4, 0.5) is 0 Å². The van der Waals surface area contributed by atoms with Gasteiger partial charge >= 0.3 is 0 Å². The van der Waals surface area contributed by atoms with Crippen molar-refractivity contribution >= 4 is 27.3 Å². The van der Waals surface area contributed by atoms with Gasteiger partial charge in [0.15, 0.2) is 11.6 Å². The minimum absolute atomic E-state index is 0.136. The summed E-state index contributed by atoms with van der Waals surface area (Å²) < 4.78 is 11.8. The number of fused-ring (bicyclic) bond motifs is 3. The summed E-state index contributed by atoms with van der Waals surface area (Å²) in [4.78, 5) is 25.6. The second kappa shape index (κ2) is 8.41. The van der Waals surface area contributed by atoms with Crippen molar-refractivity contribution in [2.75, 3.05) is 26.3 Å². The van der Waals surface area contributed by atoms with E-state index in [0.29, 0.717) is 23.6 Å². The maximum Gasteiger partial charge on any atom is 0.231 e. The van der Waals surface area contributed by atoms with E-state index in [1.807, 2.05) is 31.2 Å². The molecule has 0 radical (unpaired) electrons. The van der Waals surface area contributed by atoms with E-state index in [4.69, 9.17) is 19.4 Å². The van der Waals surface area contributed by atoms with Crippen LogP contribution in [-0.4, -0.2) is 42.1 Å². The molecule has 6 nitrogen and oxygen atoms in total. The Bertz CT molecular complexity index is 1070. The molecule has 30 heavy (non-hydrogen) atoms. The fourth-order valence-electron chi connectivity index (χ4n) is 4.24. The minimum Gasteiger partial charge on any atom is -0.438 e. The molecule has 5 rings (SSSR count). The highest BCUT2D eigenvalue weighted by Crippen LogP contribution is 2.41. The molecule has 1 N–H and O–H groups in total. The molecular formula is C23H26N3O3S+. The van der Waals surface area contributed by atoms with Crippen LogP contribution < -0.4 is 9.64 Å². The Balaban J connectivity index is 1.49. The summed E-state index contributed by atoms with van der Waals surface area (Å²) in [5, 5.41) is 1.07. The van der Waals surface area contributed by atoms with E-state index in [0.717, 1.165) is 61.7 Å². The molecule has 1 aliphatic heterocycles. The SMILES string of the molecule is CCC(=O)c1ccc(Oc2nc(C[NH+]3CCOCC3)nc3sc4c(c23)CCC4)cc1. The number of carbonyl (C=O) groups excluding carboxylic acids is 1. The van der Waals surface area contributed by atoms with Crippen LogP contribution in [0.2, 0.25) is 0 Å². The van der Waals surface area contributed by atoms with Gasteiger partial charge in [-0.2, -0.15) is 4.98 Å². The predicted molar refractivity (Wildman–Crippen MR) is 116 cm³/mol. The number of nitrogens with one attached hydrogen (secondary N) is 1. The van der Waals surface area contributed by atoms with Gasteiger partial charge in [0.25, 0.3) is 0 Å². The third-order valence-electron chi connectivity index (χ3n) is 5.90. The van der Waals surface area contributed by atoms with Gasteiger partial charge in [0, 0.05) is 16.9 Å². The average molecular weight is 425 g/mol. The quantitative estimate of drug-likeness (QED) is 0.617. The van der Waals surface area contributed by atoms with Crippen LogP contribution in [-0.2, 0) is 24.1 Å². The molecule has 1 fully saturated rings. The molecule has 3 aromatic rings. The third kappa shape index (κ3) is 3.85. The molecule has 0 amide bonds. The molecule has 2 aromatic heterocycles. The van der Waals surface area contributed by atoms with Gasteiger partial charge in [-0.15, -0.1) is 11.3 Å². The monoisotopic (exact) mass is 424 g/mol. The van der Waals surface area contributed by atoms with E-state index >= 15 is 0 Å². The first-order chi connectivity index (χ1) is 14.7. The lowest BCUT2D eigenvalue weighted by Crippen LogP contribution is -3.12. The van der Waals surface area contributed by atoms with Gasteiger partial charge in [0.2, 0.25) is 5.88 Å². The number of quaternary nitrogens is 1. The minimum atomic E-state index is 0.136. The van der Waals surface area contributed by atoms with Crippen molar-refractivity contribution in [3.05, 3.63) is 46.1 Å². The first kappa shape index (κ1) is 19.6. The van der Waals surface area contributed by atoms with E-state index in [1.165, 1.54) is 21.8 Å². The fourth-order valence-corrected chi connectivity index (χ4v) is 5.51. The number of hydrogen-bond donors (Lipinski definition) is 1. The van der Waals surface area contributed by atoms with E-state index < -0.39 is 0 Å². The van der Waals surface area contributed by atoms with Crippen LogP contribution in [0.3, 0.4) is 0 Å². The van der Waals surface area contributed by atoms with Gasteiger partial charge in [-0.05, 0) is 49.1 Å². The number of ketones is 1. The lowest BCUT2D eigenvalue weighted by atomic mass is 10.1. The standard InChI is InChI=1S/C23H25N3O3S/c1-2-18(27)15-6-8-16(9-7-15)29-22-21-17-4-3-5-19(17)30-23(21)25-20(24-22)14-26-10-12-28-13-11-26/h6-9H,2-5,10-14H2,1H3/p+1. The maximum absolute atomic E-state index is 11.9. The first-order valence-corrected chi connectivity index (χ1v) is 11.6. The van der Waals surface area contributed by atoms with Crippen molar-refractivity contribution in [3.8, 4) is 11.6 Å². The first-order valence-electron chi connectivity index (χ1n) is 10.7. The summed E-state index contributed by atoms with van der Waals surface area (Å²) in [5.41, 5.74) is 2.07. The summed E-state index contributed by atoms with van der Waals surface area (Å²) in [5.74, 6) is 2.31. The van der Waals surface area contributed by atoms with Crippen LogP contribution in [0.1, 0.15) is 46.4 Å². The van der Waals surface area contributed by atoms with Crippen LogP contribution >= 0.6 is 11.3 Å². The third-order valence-corrected chi connectivity index (χ3v) is 7.08. The lowest BCUT2D eigenvalue weighted by Gasteiger charge is -2.23. The van der Waals surface area contributed by atoms with Crippen LogP contribution in [0, 0.1) is 0 Å². The van der Waals surface area contributed by atoms with E-state index in [9.17, 15) is 4.79 Å². The lowest BCUT2D eigenvalue weighted by molar-refractivity contribution is -0.922. The van der Waals surface area contributed by atoms with E-state index in [2.05, 4.69) is 0 Å². The van der Waals surface area contributed by atoms with Crippen molar-refractivity contribution in [3.63, 3.8) is 0 Å². The molecule has 1 aromatic carbocycles. The smallest absolute Gasteiger partial charge is 0.231 e. The number of hydrogen-bond acceptors (Lipinski definition) is 6. The highest BCUT2D eigenvalue weighted by Gasteiger charge is 2.25. The summed E-state index contributed by atoms with van der Waals surface area (Å²) >= 11 is 1.79. The molecule has 2 aliphatic rings. The maximum atomic E-state index is 11.9. The number of aromatic nitrogens is 2. The normalized spacial score (nSPS) is 16.7. The van der Waals surface area contributed by atoms with Gasteiger partial charge in [-0.3, -0.25) is 4.79 Å². The largest absolute Gasteiger partial charge is 0.438 e. The number of nitrogens with zero attached hydrogens (tertiary/aromatic N) is 2. The van der Waals surface area contributed by atoms with Gasteiger partial charge in [0.1, 0.15) is 30.2 Å². The molecule has 156 valence electrons.